The van der Waals surface area contributed by atoms with Crippen molar-refractivity contribution in [3.05, 3.63) is 47.7 Å². The Hall–Kier alpha value is -2.10. The Morgan fingerprint density at radius 3 is 2.65 bits per heavy atom. The lowest BCUT2D eigenvalue weighted by Crippen LogP contribution is -2.38. The number of nitrogens with one attached hydrogen (secondary N) is 1. The van der Waals surface area contributed by atoms with Crippen molar-refractivity contribution in [1.29, 1.82) is 0 Å². The predicted octanol–water partition coefficient (Wildman–Crippen LogP) is 4.17. The summed E-state index contributed by atoms with van der Waals surface area (Å²) in [4.78, 5) is 26.6. The van der Waals surface area contributed by atoms with Crippen LogP contribution in [0.5, 0.6) is 0 Å². The van der Waals surface area contributed by atoms with E-state index in [0.717, 1.165) is 37.8 Å². The fourth-order valence-electron chi connectivity index (χ4n) is 4.03. The molecule has 140 valence electrons. The molecule has 4 nitrogen and oxygen atoms in total. The summed E-state index contributed by atoms with van der Waals surface area (Å²) in [5.74, 6) is 0.909. The molecule has 1 aromatic rings. The molecule has 1 fully saturated rings. The van der Waals surface area contributed by atoms with Gasteiger partial charge in [-0.2, -0.15) is 0 Å². The Morgan fingerprint density at radius 1 is 1.04 bits per heavy atom. The van der Waals surface area contributed by atoms with Crippen molar-refractivity contribution in [3.8, 4) is 0 Å². The highest BCUT2D eigenvalue weighted by Gasteiger charge is 2.29. The maximum atomic E-state index is 12.6. The third-order valence-electron chi connectivity index (χ3n) is 5.45. The molecule has 0 bridgehead atoms. The molecule has 1 aliphatic carbocycles. The first kappa shape index (κ1) is 18.7. The van der Waals surface area contributed by atoms with Crippen LogP contribution in [0.3, 0.4) is 0 Å². The van der Waals surface area contributed by atoms with Crippen molar-refractivity contribution in [2.24, 2.45) is 5.92 Å². The normalized spacial score (nSPS) is 19.5. The number of amides is 2. The van der Waals surface area contributed by atoms with E-state index in [1.165, 1.54) is 25.0 Å². The van der Waals surface area contributed by atoms with Crippen LogP contribution in [0.1, 0.15) is 63.4 Å². The molecule has 0 radical (unpaired) electrons. The zero-order valence-electron chi connectivity index (χ0n) is 15.6. The first-order chi connectivity index (χ1) is 12.7. The van der Waals surface area contributed by atoms with Gasteiger partial charge in [0, 0.05) is 31.6 Å². The minimum absolute atomic E-state index is 0.0642. The maximum absolute atomic E-state index is 12.6. The molecular formula is C22H30N2O2. The fourth-order valence-corrected chi connectivity index (χ4v) is 4.03. The second-order valence-corrected chi connectivity index (χ2v) is 7.41. The smallest absolute Gasteiger partial charge is 0.226 e. The first-order valence-electron chi connectivity index (χ1n) is 10.0. The van der Waals surface area contributed by atoms with Crippen molar-refractivity contribution in [1.82, 2.24) is 10.2 Å². The van der Waals surface area contributed by atoms with Crippen molar-refractivity contribution < 1.29 is 9.59 Å². The van der Waals surface area contributed by atoms with Crippen molar-refractivity contribution >= 4 is 11.8 Å². The van der Waals surface area contributed by atoms with Gasteiger partial charge >= 0.3 is 0 Å². The van der Waals surface area contributed by atoms with Crippen LogP contribution in [0.2, 0.25) is 0 Å². The standard InChI is InChI=1S/C22H30N2O2/c25-21(23-17-18-9-2-1-3-10-18)14-6-7-15-22(26)24-16-8-12-19-11-4-5-13-20(19)24/h1-3,9-10,13,19H,4-8,11-12,14-17H2,(H,23,25). The molecule has 1 atom stereocenters. The molecule has 2 amide bonds. The Bertz CT molecular complexity index is 639. The van der Waals surface area contributed by atoms with Crippen LogP contribution in [0, 0.1) is 5.92 Å². The number of hydrogen-bond acceptors (Lipinski definition) is 2. The third kappa shape index (κ3) is 5.20. The van der Waals surface area contributed by atoms with E-state index >= 15 is 0 Å². The molecule has 1 heterocycles. The van der Waals surface area contributed by atoms with Gasteiger partial charge in [0.2, 0.25) is 11.8 Å². The number of carbonyl (C=O) groups excluding carboxylic acids is 2. The molecule has 1 aliphatic heterocycles. The molecule has 0 spiro atoms. The average molecular weight is 354 g/mol. The van der Waals surface area contributed by atoms with Crippen LogP contribution in [-0.4, -0.2) is 23.3 Å². The second-order valence-electron chi connectivity index (χ2n) is 7.41. The SMILES string of the molecule is O=C(CCCCC(=O)N1CCCC2CCCC=C21)NCc1ccccc1. The van der Waals surface area contributed by atoms with E-state index in [1.54, 1.807) is 0 Å². The number of benzene rings is 1. The Kier molecular flexibility index (Phi) is 6.87. The zero-order chi connectivity index (χ0) is 18.2. The van der Waals surface area contributed by atoms with Crippen LogP contribution in [0.4, 0.5) is 0 Å². The minimum atomic E-state index is 0.0642. The van der Waals surface area contributed by atoms with E-state index < -0.39 is 0 Å². The van der Waals surface area contributed by atoms with E-state index in [2.05, 4.69) is 11.4 Å². The summed E-state index contributed by atoms with van der Waals surface area (Å²) >= 11 is 0. The fraction of sp³-hybridized carbons (Fsp3) is 0.545. The lowest BCUT2D eigenvalue weighted by atomic mass is 9.85. The number of fused-ring (bicyclic) bond motifs is 1. The molecule has 1 saturated heterocycles. The van der Waals surface area contributed by atoms with Crippen LogP contribution < -0.4 is 5.32 Å². The molecule has 1 N–H and O–H groups in total. The highest BCUT2D eigenvalue weighted by molar-refractivity contribution is 5.78. The number of unbranched alkanes of at least 4 members (excludes halogenated alkanes) is 1. The Labute approximate surface area is 156 Å². The Morgan fingerprint density at radius 2 is 1.81 bits per heavy atom. The number of carbonyl (C=O) groups is 2. The van der Waals surface area contributed by atoms with Gasteiger partial charge in [-0.15, -0.1) is 0 Å². The van der Waals surface area contributed by atoms with Gasteiger partial charge in [-0.3, -0.25) is 9.59 Å². The molecule has 1 aromatic carbocycles. The van der Waals surface area contributed by atoms with E-state index in [4.69, 9.17) is 0 Å². The summed E-state index contributed by atoms with van der Waals surface area (Å²) in [5, 5.41) is 2.94. The van der Waals surface area contributed by atoms with Gasteiger partial charge in [0.1, 0.15) is 0 Å². The predicted molar refractivity (Wildman–Crippen MR) is 103 cm³/mol. The van der Waals surface area contributed by atoms with Gasteiger partial charge in [0.25, 0.3) is 0 Å². The molecule has 1 unspecified atom stereocenters. The van der Waals surface area contributed by atoms with Crippen molar-refractivity contribution in [2.75, 3.05) is 6.54 Å². The van der Waals surface area contributed by atoms with Crippen LogP contribution in [0.15, 0.2) is 42.1 Å². The van der Waals surface area contributed by atoms with Crippen LogP contribution in [-0.2, 0) is 16.1 Å². The van der Waals surface area contributed by atoms with Gasteiger partial charge in [-0.1, -0.05) is 36.4 Å². The zero-order valence-corrected chi connectivity index (χ0v) is 15.6. The summed E-state index contributed by atoms with van der Waals surface area (Å²) in [7, 11) is 0. The topological polar surface area (TPSA) is 49.4 Å². The summed E-state index contributed by atoms with van der Waals surface area (Å²) < 4.78 is 0. The van der Waals surface area contributed by atoms with E-state index in [0.29, 0.717) is 25.3 Å². The molecule has 0 saturated carbocycles. The van der Waals surface area contributed by atoms with E-state index in [1.807, 2.05) is 35.2 Å². The number of hydrogen-bond donors (Lipinski definition) is 1. The molecule has 3 rings (SSSR count). The average Bonchev–Trinajstić information content (AvgIpc) is 2.70. The highest BCUT2D eigenvalue weighted by Crippen LogP contribution is 2.35. The second kappa shape index (κ2) is 9.56. The van der Waals surface area contributed by atoms with Gasteiger partial charge < -0.3 is 10.2 Å². The van der Waals surface area contributed by atoms with Crippen molar-refractivity contribution in [2.45, 2.75) is 64.3 Å². The Balaban J connectivity index is 1.34. The minimum Gasteiger partial charge on any atom is -0.352 e. The van der Waals surface area contributed by atoms with Gasteiger partial charge in [-0.25, -0.2) is 0 Å². The molecule has 26 heavy (non-hydrogen) atoms. The summed E-state index contributed by atoms with van der Waals surface area (Å²) in [6, 6.07) is 9.92. The molecule has 2 aliphatic rings. The maximum Gasteiger partial charge on any atom is 0.226 e. The lowest BCUT2D eigenvalue weighted by Gasteiger charge is -2.38. The summed E-state index contributed by atoms with van der Waals surface area (Å²) in [5.41, 5.74) is 2.39. The number of likely N-dealkylation sites (tertiary alicyclic amines) is 1. The lowest BCUT2D eigenvalue weighted by molar-refractivity contribution is -0.131. The van der Waals surface area contributed by atoms with Crippen molar-refractivity contribution in [3.63, 3.8) is 0 Å². The van der Waals surface area contributed by atoms with Crippen LogP contribution >= 0.6 is 0 Å². The largest absolute Gasteiger partial charge is 0.352 e. The highest BCUT2D eigenvalue weighted by atomic mass is 16.2. The van der Waals surface area contributed by atoms with Gasteiger partial charge in [0.15, 0.2) is 0 Å². The summed E-state index contributed by atoms with van der Waals surface area (Å²) in [6.45, 7) is 1.45. The number of allylic oxidation sites excluding steroid dienone is 2. The molecular weight excluding hydrogens is 324 g/mol. The number of rotatable bonds is 7. The van der Waals surface area contributed by atoms with Gasteiger partial charge in [-0.05, 0) is 56.4 Å². The monoisotopic (exact) mass is 354 g/mol. The summed E-state index contributed by atoms with van der Waals surface area (Å²) in [6.07, 6.45) is 10.8. The van der Waals surface area contributed by atoms with E-state index in [-0.39, 0.29) is 11.8 Å². The van der Waals surface area contributed by atoms with Crippen LogP contribution in [0.25, 0.3) is 0 Å². The molecule has 4 heteroatoms. The third-order valence-corrected chi connectivity index (χ3v) is 5.45. The quantitative estimate of drug-likeness (QED) is 0.747. The number of piperidine rings is 1. The first-order valence-corrected chi connectivity index (χ1v) is 10.0. The van der Waals surface area contributed by atoms with Gasteiger partial charge in [0.05, 0.1) is 0 Å². The van der Waals surface area contributed by atoms with E-state index in [9.17, 15) is 9.59 Å². The number of nitrogens with zero attached hydrogens (tertiary/aromatic N) is 1. The molecule has 0 aromatic heterocycles.